The van der Waals surface area contributed by atoms with Gasteiger partial charge in [0.2, 0.25) is 11.1 Å². The van der Waals surface area contributed by atoms with Gasteiger partial charge in [-0.15, -0.1) is 10.2 Å². The second-order valence-corrected chi connectivity index (χ2v) is 7.32. The Balaban J connectivity index is 2.00. The van der Waals surface area contributed by atoms with Crippen molar-refractivity contribution in [1.29, 1.82) is 0 Å². The van der Waals surface area contributed by atoms with E-state index in [1.54, 1.807) is 0 Å². The molecule has 0 aliphatic carbocycles. The van der Waals surface area contributed by atoms with Crippen LogP contribution in [0.5, 0.6) is 5.75 Å². The maximum Gasteiger partial charge on any atom is 0.328 e. The van der Waals surface area contributed by atoms with Gasteiger partial charge in [0, 0.05) is 5.56 Å². The largest absolute Gasteiger partial charge is 0.494 e. The summed E-state index contributed by atoms with van der Waals surface area (Å²) in [4.78, 5) is 24.2. The summed E-state index contributed by atoms with van der Waals surface area (Å²) in [6, 6.07) is 6.65. The van der Waals surface area contributed by atoms with E-state index in [1.165, 1.54) is 11.8 Å². The molecule has 3 N–H and O–H groups in total. The number of benzene rings is 1. The summed E-state index contributed by atoms with van der Waals surface area (Å²) in [5.41, 5.74) is 0.780. The zero-order valence-electron chi connectivity index (χ0n) is 17.0. The van der Waals surface area contributed by atoms with Crippen LogP contribution in [0.2, 0.25) is 0 Å². The van der Waals surface area contributed by atoms with Crippen molar-refractivity contribution in [2.75, 3.05) is 25.3 Å². The van der Waals surface area contributed by atoms with Crippen molar-refractivity contribution in [3.63, 3.8) is 0 Å². The Bertz CT molecular complexity index is 825. The van der Waals surface area contributed by atoms with E-state index in [1.807, 2.05) is 45.0 Å². The lowest BCUT2D eigenvalue weighted by molar-refractivity contribution is -0.146. The molecule has 0 aliphatic rings. The molecule has 2 aromatic rings. The van der Waals surface area contributed by atoms with Gasteiger partial charge in [0.15, 0.2) is 5.82 Å². The van der Waals surface area contributed by atoms with Crippen molar-refractivity contribution in [2.45, 2.75) is 38.4 Å². The smallest absolute Gasteiger partial charge is 0.328 e. The number of esters is 1. The Morgan fingerprint density at radius 2 is 1.93 bits per heavy atom. The summed E-state index contributed by atoms with van der Waals surface area (Å²) in [6.07, 6.45) is 0.732. The Morgan fingerprint density at radius 3 is 2.52 bits per heavy atom. The van der Waals surface area contributed by atoms with Crippen LogP contribution in [-0.2, 0) is 14.3 Å². The monoisotopic (exact) mass is 421 g/mol. The minimum absolute atomic E-state index is 0.0409. The van der Waals surface area contributed by atoms with Crippen LogP contribution in [0, 0.1) is 5.92 Å². The first-order valence-corrected chi connectivity index (χ1v) is 10.3. The van der Waals surface area contributed by atoms with Crippen LogP contribution in [0.15, 0.2) is 29.4 Å². The molecule has 1 heterocycles. The fourth-order valence-electron chi connectivity index (χ4n) is 2.58. The van der Waals surface area contributed by atoms with E-state index < -0.39 is 12.0 Å². The van der Waals surface area contributed by atoms with Crippen LogP contribution < -0.4 is 15.9 Å². The van der Waals surface area contributed by atoms with Gasteiger partial charge in [-0.05, 0) is 37.1 Å². The first-order valence-electron chi connectivity index (χ1n) is 9.34. The summed E-state index contributed by atoms with van der Waals surface area (Å²) in [7, 11) is 1.30. The minimum Gasteiger partial charge on any atom is -0.494 e. The molecule has 29 heavy (non-hydrogen) atoms. The Kier molecular flexibility index (Phi) is 8.32. The predicted molar refractivity (Wildman–Crippen MR) is 111 cm³/mol. The average Bonchev–Trinajstić information content (AvgIpc) is 3.10. The maximum atomic E-state index is 12.3. The molecule has 1 aromatic carbocycles. The SMILES string of the molecule is CCOc1ccc(-c2nnc(SCC(=O)N[C@H](C(=O)OC)[C@H](C)CC)n2N)cc1. The van der Waals surface area contributed by atoms with Crippen LogP contribution in [-0.4, -0.2) is 52.3 Å². The standard InChI is InChI=1S/C19H27N5O4S/c1-5-12(3)16(18(26)27-4)21-15(25)11-29-19-23-22-17(24(19)20)13-7-9-14(10-8-13)28-6-2/h7-10,12,16H,5-6,11,20H2,1-4H3,(H,21,25)/t12-,16+/m1/s1. The lowest BCUT2D eigenvalue weighted by Gasteiger charge is -2.21. The van der Waals surface area contributed by atoms with Crippen molar-refractivity contribution in [3.8, 4) is 17.1 Å². The fourth-order valence-corrected chi connectivity index (χ4v) is 3.25. The third-order valence-electron chi connectivity index (χ3n) is 4.41. The number of nitrogens with two attached hydrogens (primary N) is 1. The van der Waals surface area contributed by atoms with Gasteiger partial charge in [0.1, 0.15) is 11.8 Å². The number of methoxy groups -OCH3 is 1. The number of carbonyl (C=O) groups excluding carboxylic acids is 2. The molecule has 158 valence electrons. The average molecular weight is 422 g/mol. The van der Waals surface area contributed by atoms with Crippen LogP contribution in [0.4, 0.5) is 0 Å². The van der Waals surface area contributed by atoms with Crippen molar-refractivity contribution >= 4 is 23.6 Å². The summed E-state index contributed by atoms with van der Waals surface area (Å²) in [5, 5.41) is 11.3. The molecular formula is C19H27N5O4S. The summed E-state index contributed by atoms with van der Waals surface area (Å²) < 4.78 is 11.5. The number of nitrogens with zero attached hydrogens (tertiary/aromatic N) is 3. The maximum absolute atomic E-state index is 12.3. The van der Waals surface area contributed by atoms with E-state index in [-0.39, 0.29) is 17.6 Å². The van der Waals surface area contributed by atoms with Crippen LogP contribution in [0.25, 0.3) is 11.4 Å². The molecule has 0 aliphatic heterocycles. The second kappa shape index (κ2) is 10.7. The predicted octanol–water partition coefficient (Wildman–Crippen LogP) is 1.85. The number of nitrogens with one attached hydrogen (secondary N) is 1. The molecule has 0 bridgehead atoms. The highest BCUT2D eigenvalue weighted by Crippen LogP contribution is 2.23. The third kappa shape index (κ3) is 5.86. The first-order chi connectivity index (χ1) is 13.9. The summed E-state index contributed by atoms with van der Waals surface area (Å²) in [5.74, 6) is 6.56. The molecule has 10 heteroatoms. The molecule has 0 fully saturated rings. The highest BCUT2D eigenvalue weighted by atomic mass is 32.2. The van der Waals surface area contributed by atoms with E-state index in [9.17, 15) is 9.59 Å². The zero-order chi connectivity index (χ0) is 21.4. The number of amides is 1. The lowest BCUT2D eigenvalue weighted by atomic mass is 9.99. The molecule has 1 amide bonds. The van der Waals surface area contributed by atoms with Crippen molar-refractivity contribution in [3.05, 3.63) is 24.3 Å². The molecule has 9 nitrogen and oxygen atoms in total. The van der Waals surface area contributed by atoms with Crippen LogP contribution >= 0.6 is 11.8 Å². The van der Waals surface area contributed by atoms with Gasteiger partial charge < -0.3 is 20.6 Å². The second-order valence-electron chi connectivity index (χ2n) is 6.38. The molecular weight excluding hydrogens is 394 g/mol. The van der Waals surface area contributed by atoms with Gasteiger partial charge in [-0.3, -0.25) is 4.79 Å². The molecule has 2 atom stereocenters. The van der Waals surface area contributed by atoms with Gasteiger partial charge in [-0.2, -0.15) is 0 Å². The van der Waals surface area contributed by atoms with E-state index in [0.717, 1.165) is 29.5 Å². The number of carbonyl (C=O) groups is 2. The van der Waals surface area contributed by atoms with Gasteiger partial charge in [0.25, 0.3) is 0 Å². The molecule has 2 rings (SSSR count). The van der Waals surface area contributed by atoms with E-state index >= 15 is 0 Å². The number of aromatic nitrogens is 3. The van der Waals surface area contributed by atoms with E-state index in [0.29, 0.717) is 17.6 Å². The van der Waals surface area contributed by atoms with Crippen LogP contribution in [0.1, 0.15) is 27.2 Å². The summed E-state index contributed by atoms with van der Waals surface area (Å²) >= 11 is 1.14. The number of thioether (sulfide) groups is 1. The molecule has 0 spiro atoms. The van der Waals surface area contributed by atoms with Crippen LogP contribution in [0.3, 0.4) is 0 Å². The number of nitrogen functional groups attached to an aromatic ring is 1. The highest BCUT2D eigenvalue weighted by molar-refractivity contribution is 7.99. The first kappa shape index (κ1) is 22.5. The molecule has 0 unspecified atom stereocenters. The highest BCUT2D eigenvalue weighted by Gasteiger charge is 2.26. The molecule has 0 saturated carbocycles. The van der Waals surface area contributed by atoms with Crippen molar-refractivity contribution in [2.24, 2.45) is 5.92 Å². The van der Waals surface area contributed by atoms with Gasteiger partial charge in [-0.25, -0.2) is 9.47 Å². The van der Waals surface area contributed by atoms with E-state index in [2.05, 4.69) is 15.5 Å². The normalized spacial score (nSPS) is 12.8. The third-order valence-corrected chi connectivity index (χ3v) is 5.35. The zero-order valence-corrected chi connectivity index (χ0v) is 17.9. The topological polar surface area (TPSA) is 121 Å². The molecule has 0 radical (unpaired) electrons. The number of rotatable bonds is 10. The van der Waals surface area contributed by atoms with Gasteiger partial charge in [0.05, 0.1) is 19.5 Å². The van der Waals surface area contributed by atoms with Gasteiger partial charge in [-0.1, -0.05) is 32.0 Å². The number of ether oxygens (including phenoxy) is 2. The molecule has 1 aromatic heterocycles. The number of hydrogen-bond acceptors (Lipinski definition) is 8. The Labute approximate surface area is 174 Å². The Hall–Kier alpha value is -2.75. The minimum atomic E-state index is -0.687. The van der Waals surface area contributed by atoms with Crippen molar-refractivity contribution in [1.82, 2.24) is 20.2 Å². The number of hydrogen-bond donors (Lipinski definition) is 2. The Morgan fingerprint density at radius 1 is 1.24 bits per heavy atom. The summed E-state index contributed by atoms with van der Waals surface area (Å²) in [6.45, 7) is 6.33. The van der Waals surface area contributed by atoms with Crippen molar-refractivity contribution < 1.29 is 19.1 Å². The van der Waals surface area contributed by atoms with Gasteiger partial charge >= 0.3 is 5.97 Å². The van der Waals surface area contributed by atoms with E-state index in [4.69, 9.17) is 15.3 Å². The molecule has 0 saturated heterocycles. The quantitative estimate of drug-likeness (QED) is 0.339. The fraction of sp³-hybridized carbons (Fsp3) is 0.474. The lowest BCUT2D eigenvalue weighted by Crippen LogP contribution is -2.46.